The number of amides is 1. The molecule has 0 bridgehead atoms. The highest BCUT2D eigenvalue weighted by atomic mass is 19.1. The molecule has 0 spiro atoms. The van der Waals surface area contributed by atoms with Crippen molar-refractivity contribution >= 4 is 17.5 Å². The van der Waals surface area contributed by atoms with Gasteiger partial charge in [-0.25, -0.2) is 9.18 Å². The van der Waals surface area contributed by atoms with Gasteiger partial charge in [-0.2, -0.15) is 0 Å². The average Bonchev–Trinajstić information content (AvgIpc) is 2.46. The van der Waals surface area contributed by atoms with E-state index in [4.69, 9.17) is 9.84 Å². The molecule has 0 aromatic heterocycles. The van der Waals surface area contributed by atoms with E-state index in [1.54, 1.807) is 6.07 Å². The minimum absolute atomic E-state index is 0.111. The first-order valence-electron chi connectivity index (χ1n) is 6.05. The lowest BCUT2D eigenvalue weighted by Crippen LogP contribution is -2.09. The third-order valence-corrected chi connectivity index (χ3v) is 2.92. The van der Waals surface area contributed by atoms with Crippen LogP contribution in [0.5, 0.6) is 5.75 Å². The Bertz CT molecular complexity index is 748. The van der Waals surface area contributed by atoms with Gasteiger partial charge in [0.2, 0.25) is 0 Å². The van der Waals surface area contributed by atoms with Crippen LogP contribution in [0.25, 0.3) is 11.1 Å². The number of ether oxygens (including phenoxy) is 1. The Hall–Kier alpha value is -3.16. The summed E-state index contributed by atoms with van der Waals surface area (Å²) in [5, 5.41) is 21.8. The number of rotatable bonds is 4. The van der Waals surface area contributed by atoms with Gasteiger partial charge in [0.25, 0.3) is 5.69 Å². The predicted octanol–water partition coefficient (Wildman–Crippen LogP) is 3.50. The van der Waals surface area contributed by atoms with E-state index < -0.39 is 22.5 Å². The molecule has 0 saturated carbocycles. The molecule has 1 amide bonds. The van der Waals surface area contributed by atoms with E-state index in [1.165, 1.54) is 25.3 Å². The van der Waals surface area contributed by atoms with Crippen molar-refractivity contribution in [3.63, 3.8) is 0 Å². The maximum atomic E-state index is 13.9. The molecule has 7 nitrogen and oxygen atoms in total. The number of nitro groups is 1. The minimum Gasteiger partial charge on any atom is -0.496 e. The molecule has 22 heavy (non-hydrogen) atoms. The molecule has 114 valence electrons. The number of hydrogen-bond donors (Lipinski definition) is 2. The smallest absolute Gasteiger partial charge is 0.409 e. The van der Waals surface area contributed by atoms with Crippen LogP contribution in [0.3, 0.4) is 0 Å². The van der Waals surface area contributed by atoms with Crippen LogP contribution < -0.4 is 10.1 Å². The molecule has 0 saturated heterocycles. The minimum atomic E-state index is -1.45. The van der Waals surface area contributed by atoms with E-state index in [2.05, 4.69) is 0 Å². The molecule has 8 heteroatoms. The van der Waals surface area contributed by atoms with Gasteiger partial charge in [0, 0.05) is 23.3 Å². The first-order valence-corrected chi connectivity index (χ1v) is 6.05. The number of halogens is 1. The van der Waals surface area contributed by atoms with Crippen molar-refractivity contribution in [2.45, 2.75) is 0 Å². The normalized spacial score (nSPS) is 10.1. The van der Waals surface area contributed by atoms with Crippen LogP contribution in [0.4, 0.5) is 20.6 Å². The van der Waals surface area contributed by atoms with Crippen molar-refractivity contribution in [1.82, 2.24) is 0 Å². The summed E-state index contributed by atoms with van der Waals surface area (Å²) in [4.78, 5) is 21.1. The van der Waals surface area contributed by atoms with Crippen LogP contribution in [-0.2, 0) is 0 Å². The average molecular weight is 306 g/mol. The van der Waals surface area contributed by atoms with Crippen molar-refractivity contribution in [2.24, 2.45) is 0 Å². The zero-order chi connectivity index (χ0) is 16.3. The number of hydrogen-bond acceptors (Lipinski definition) is 4. The molecule has 2 N–H and O–H groups in total. The van der Waals surface area contributed by atoms with Crippen LogP contribution in [0, 0.1) is 15.9 Å². The third kappa shape index (κ3) is 2.95. The predicted molar refractivity (Wildman–Crippen MR) is 76.7 cm³/mol. The van der Waals surface area contributed by atoms with Crippen LogP contribution in [0.1, 0.15) is 0 Å². The molecule has 0 unspecified atom stereocenters. The van der Waals surface area contributed by atoms with E-state index in [1.807, 2.05) is 5.32 Å². The van der Waals surface area contributed by atoms with Crippen molar-refractivity contribution in [3.8, 4) is 16.9 Å². The molecule has 0 aliphatic rings. The summed E-state index contributed by atoms with van der Waals surface area (Å²) in [6.45, 7) is 0. The maximum Gasteiger partial charge on any atom is 0.409 e. The first kappa shape index (κ1) is 15.2. The second-order valence-electron chi connectivity index (χ2n) is 4.24. The molecular formula is C14H11FN2O5. The van der Waals surface area contributed by atoms with Crippen molar-refractivity contribution in [2.75, 3.05) is 12.4 Å². The van der Waals surface area contributed by atoms with E-state index in [9.17, 15) is 19.3 Å². The van der Waals surface area contributed by atoms with Gasteiger partial charge in [0.15, 0.2) is 0 Å². The SMILES string of the molecule is COc1cc(NC(=O)O)c([N+](=O)[O-])cc1-c1ccccc1F. The second kappa shape index (κ2) is 6.08. The maximum absolute atomic E-state index is 13.9. The third-order valence-electron chi connectivity index (χ3n) is 2.92. The fraction of sp³-hybridized carbons (Fsp3) is 0.0714. The van der Waals surface area contributed by atoms with Crippen molar-refractivity contribution in [3.05, 3.63) is 52.3 Å². The summed E-state index contributed by atoms with van der Waals surface area (Å²) in [5.41, 5.74) is -0.483. The lowest BCUT2D eigenvalue weighted by atomic mass is 10.0. The number of nitro benzene ring substituents is 1. The van der Waals surface area contributed by atoms with Gasteiger partial charge in [-0.3, -0.25) is 15.4 Å². The van der Waals surface area contributed by atoms with Crippen LogP contribution in [0.15, 0.2) is 36.4 Å². The van der Waals surface area contributed by atoms with Gasteiger partial charge in [0.05, 0.1) is 12.0 Å². The number of nitrogens with one attached hydrogen (secondary N) is 1. The van der Waals surface area contributed by atoms with Gasteiger partial charge in [-0.05, 0) is 6.07 Å². The molecule has 0 fully saturated rings. The molecular weight excluding hydrogens is 295 g/mol. The monoisotopic (exact) mass is 306 g/mol. The summed E-state index contributed by atoms with van der Waals surface area (Å²) in [5.74, 6) is -0.464. The number of carboxylic acid groups (broad SMARTS) is 1. The van der Waals surface area contributed by atoms with Gasteiger partial charge < -0.3 is 9.84 Å². The Morgan fingerprint density at radius 1 is 1.32 bits per heavy atom. The fourth-order valence-electron chi connectivity index (χ4n) is 1.99. The molecule has 2 aromatic carbocycles. The lowest BCUT2D eigenvalue weighted by molar-refractivity contribution is -0.383. The van der Waals surface area contributed by atoms with Crippen LogP contribution in [0.2, 0.25) is 0 Å². The molecule has 0 aliphatic carbocycles. The Labute approximate surface area is 124 Å². The highest BCUT2D eigenvalue weighted by molar-refractivity contribution is 5.89. The molecule has 0 heterocycles. The number of methoxy groups -OCH3 is 1. The zero-order valence-electron chi connectivity index (χ0n) is 11.4. The van der Waals surface area contributed by atoms with E-state index in [-0.39, 0.29) is 22.6 Å². The fourth-order valence-corrected chi connectivity index (χ4v) is 1.99. The zero-order valence-corrected chi connectivity index (χ0v) is 11.4. The van der Waals surface area contributed by atoms with Crippen molar-refractivity contribution in [1.29, 1.82) is 0 Å². The van der Waals surface area contributed by atoms with Gasteiger partial charge in [-0.1, -0.05) is 18.2 Å². The van der Waals surface area contributed by atoms with E-state index >= 15 is 0 Å². The summed E-state index contributed by atoms with van der Waals surface area (Å²) < 4.78 is 19.0. The van der Waals surface area contributed by atoms with E-state index in [0.29, 0.717) is 0 Å². The number of carbonyl (C=O) groups is 1. The lowest BCUT2D eigenvalue weighted by Gasteiger charge is -2.12. The van der Waals surface area contributed by atoms with Gasteiger partial charge in [-0.15, -0.1) is 0 Å². The van der Waals surface area contributed by atoms with Gasteiger partial charge >= 0.3 is 6.09 Å². The first-order chi connectivity index (χ1) is 10.4. The standard InChI is InChI=1S/C14H11FN2O5/c1-22-13-7-11(16-14(18)19)12(17(20)21)6-9(13)8-4-2-3-5-10(8)15/h2-7,16H,1H3,(H,18,19). The molecule has 2 rings (SSSR count). The Morgan fingerprint density at radius 3 is 2.55 bits per heavy atom. The summed E-state index contributed by atoms with van der Waals surface area (Å²) in [6.07, 6.45) is -1.45. The Morgan fingerprint density at radius 2 is 2.00 bits per heavy atom. The molecule has 0 aliphatic heterocycles. The second-order valence-corrected chi connectivity index (χ2v) is 4.24. The molecule has 2 aromatic rings. The largest absolute Gasteiger partial charge is 0.496 e. The number of anilines is 1. The van der Waals surface area contributed by atoms with E-state index in [0.717, 1.165) is 12.1 Å². The van der Waals surface area contributed by atoms with Crippen LogP contribution >= 0.6 is 0 Å². The topological polar surface area (TPSA) is 102 Å². The number of nitrogens with zero attached hydrogens (tertiary/aromatic N) is 1. The Balaban J connectivity index is 2.69. The van der Waals surface area contributed by atoms with Crippen molar-refractivity contribution < 1.29 is 24.0 Å². The number of benzene rings is 2. The highest BCUT2D eigenvalue weighted by Crippen LogP contribution is 2.39. The quantitative estimate of drug-likeness (QED) is 0.665. The van der Waals surface area contributed by atoms with Gasteiger partial charge in [0.1, 0.15) is 17.3 Å². The summed E-state index contributed by atoms with van der Waals surface area (Å²) in [7, 11) is 1.30. The highest BCUT2D eigenvalue weighted by Gasteiger charge is 2.22. The molecule has 0 atom stereocenters. The summed E-state index contributed by atoms with van der Waals surface area (Å²) >= 11 is 0. The Kier molecular flexibility index (Phi) is 4.21. The summed E-state index contributed by atoms with van der Waals surface area (Å²) in [6, 6.07) is 7.94. The molecule has 0 radical (unpaired) electrons. The van der Waals surface area contributed by atoms with Crippen LogP contribution in [-0.4, -0.2) is 23.2 Å².